The predicted molar refractivity (Wildman–Crippen MR) is 87.4 cm³/mol. The van der Waals surface area contributed by atoms with Crippen molar-refractivity contribution in [2.45, 2.75) is 18.1 Å². The van der Waals surface area contributed by atoms with Gasteiger partial charge in [-0.3, -0.25) is 15.6 Å². The number of amides is 1. The maximum absolute atomic E-state index is 12.2. The normalized spacial score (nSPS) is 11.5. The van der Waals surface area contributed by atoms with E-state index in [1.54, 1.807) is 17.5 Å². The maximum Gasteiger partial charge on any atom is 0.253 e. The summed E-state index contributed by atoms with van der Waals surface area (Å²) in [5.41, 5.74) is 6.47. The number of hydrogen-bond acceptors (Lipinski definition) is 7. The van der Waals surface area contributed by atoms with Gasteiger partial charge in [-0.2, -0.15) is 4.31 Å². The number of nitrogens with zero attached hydrogens (tertiary/aromatic N) is 3. The van der Waals surface area contributed by atoms with Crippen molar-refractivity contribution in [1.29, 1.82) is 0 Å². The minimum atomic E-state index is -3.66. The van der Waals surface area contributed by atoms with Crippen LogP contribution in [0.2, 0.25) is 0 Å². The quantitative estimate of drug-likeness (QED) is 0.747. The van der Waals surface area contributed by atoms with Crippen LogP contribution in [0.4, 0.5) is 5.95 Å². The third-order valence-electron chi connectivity index (χ3n) is 2.82. The highest BCUT2D eigenvalue weighted by Crippen LogP contribution is 2.19. The molecule has 0 aliphatic carbocycles. The van der Waals surface area contributed by atoms with Gasteiger partial charge in [0.15, 0.2) is 0 Å². The van der Waals surface area contributed by atoms with Crippen molar-refractivity contribution in [3.8, 4) is 0 Å². The molecule has 0 fully saturated rings. The van der Waals surface area contributed by atoms with Gasteiger partial charge in [0.05, 0.1) is 6.54 Å². The van der Waals surface area contributed by atoms with E-state index in [9.17, 15) is 13.2 Å². The molecule has 0 spiro atoms. The summed E-state index contributed by atoms with van der Waals surface area (Å²) in [5, 5.41) is 1.67. The van der Waals surface area contributed by atoms with Crippen LogP contribution < -0.4 is 10.9 Å². The van der Waals surface area contributed by atoms with Crippen LogP contribution in [0.1, 0.15) is 11.4 Å². The molecule has 0 saturated heterocycles. The van der Waals surface area contributed by atoms with Crippen LogP contribution in [0.3, 0.4) is 0 Å². The fourth-order valence-corrected chi connectivity index (χ4v) is 4.13. The molecule has 124 valence electrons. The number of aryl methyl sites for hydroxylation is 2. The second-order valence-electron chi connectivity index (χ2n) is 4.84. The standard InChI is InChI=1S/C13H17N5O3S2/c1-9-7-10(2)15-13(14-9)17-16-11(19)8-18(3)23(20,21)12-5-4-6-22-12/h4-7H,8H2,1-3H3,(H,16,19)(H,14,15,17). The molecule has 0 saturated carbocycles. The molecule has 1 amide bonds. The predicted octanol–water partition coefficient (Wildman–Crippen LogP) is 0.919. The number of thiophene rings is 1. The number of hydrazine groups is 1. The number of rotatable bonds is 6. The first-order chi connectivity index (χ1) is 10.8. The van der Waals surface area contributed by atoms with Gasteiger partial charge in [0.2, 0.25) is 5.95 Å². The van der Waals surface area contributed by atoms with Crippen molar-refractivity contribution < 1.29 is 13.2 Å². The molecule has 10 heteroatoms. The SMILES string of the molecule is Cc1cc(C)nc(NNC(=O)CN(C)S(=O)(=O)c2cccs2)n1. The number of anilines is 1. The summed E-state index contributed by atoms with van der Waals surface area (Å²) >= 11 is 1.10. The molecule has 0 aliphatic rings. The van der Waals surface area contributed by atoms with E-state index in [-0.39, 0.29) is 16.7 Å². The monoisotopic (exact) mass is 355 g/mol. The minimum absolute atomic E-state index is 0.193. The Kier molecular flexibility index (Phi) is 5.29. The van der Waals surface area contributed by atoms with Gasteiger partial charge >= 0.3 is 0 Å². The molecule has 23 heavy (non-hydrogen) atoms. The highest BCUT2D eigenvalue weighted by Gasteiger charge is 2.23. The molecule has 0 unspecified atom stereocenters. The molecule has 2 aromatic heterocycles. The summed E-state index contributed by atoms with van der Waals surface area (Å²) in [5.74, 6) is -0.269. The molecular weight excluding hydrogens is 338 g/mol. The molecule has 0 aromatic carbocycles. The van der Waals surface area contributed by atoms with Gasteiger partial charge in [-0.25, -0.2) is 18.4 Å². The van der Waals surface area contributed by atoms with E-state index in [0.717, 1.165) is 27.0 Å². The topological polar surface area (TPSA) is 104 Å². The van der Waals surface area contributed by atoms with Crippen LogP contribution in [0.15, 0.2) is 27.8 Å². The number of aromatic nitrogens is 2. The number of likely N-dealkylation sites (N-methyl/N-ethyl adjacent to an activating group) is 1. The van der Waals surface area contributed by atoms with Gasteiger partial charge in [0.25, 0.3) is 15.9 Å². The molecule has 0 aliphatic heterocycles. The zero-order valence-corrected chi connectivity index (χ0v) is 14.5. The molecular formula is C13H17N5O3S2. The lowest BCUT2D eigenvalue weighted by Gasteiger charge is -2.16. The number of carbonyl (C=O) groups excluding carboxylic acids is 1. The average Bonchev–Trinajstić information content (AvgIpc) is 2.99. The summed E-state index contributed by atoms with van der Waals surface area (Å²) in [6.07, 6.45) is 0. The fraction of sp³-hybridized carbons (Fsp3) is 0.308. The fourth-order valence-electron chi connectivity index (χ4n) is 1.80. The maximum atomic E-state index is 12.2. The zero-order valence-electron chi connectivity index (χ0n) is 12.9. The Morgan fingerprint density at radius 3 is 2.52 bits per heavy atom. The van der Waals surface area contributed by atoms with Crippen LogP contribution in [0.25, 0.3) is 0 Å². The number of carbonyl (C=O) groups is 1. The van der Waals surface area contributed by atoms with Gasteiger partial charge in [-0.05, 0) is 31.4 Å². The Bertz CT molecular complexity index is 770. The molecule has 8 nitrogen and oxygen atoms in total. The Balaban J connectivity index is 1.94. The van der Waals surface area contributed by atoms with Crippen LogP contribution in [-0.2, 0) is 14.8 Å². The second-order valence-corrected chi connectivity index (χ2v) is 8.06. The van der Waals surface area contributed by atoms with Crippen molar-refractivity contribution >= 4 is 33.2 Å². The van der Waals surface area contributed by atoms with E-state index in [4.69, 9.17) is 0 Å². The molecule has 2 rings (SSSR count). The lowest BCUT2D eigenvalue weighted by molar-refractivity contribution is -0.120. The van der Waals surface area contributed by atoms with Gasteiger partial charge < -0.3 is 0 Å². The molecule has 2 aromatic rings. The summed E-state index contributed by atoms with van der Waals surface area (Å²) in [7, 11) is -2.31. The Labute approximate surface area is 138 Å². The summed E-state index contributed by atoms with van der Waals surface area (Å²) in [6.45, 7) is 3.30. The van der Waals surface area contributed by atoms with Crippen molar-refractivity contribution in [3.05, 3.63) is 35.0 Å². The first kappa shape index (κ1) is 17.3. The number of sulfonamides is 1. The summed E-state index contributed by atoms with van der Waals surface area (Å²) in [4.78, 5) is 20.1. The number of nitrogens with one attached hydrogen (secondary N) is 2. The minimum Gasteiger partial charge on any atom is -0.272 e. The Morgan fingerprint density at radius 1 is 1.30 bits per heavy atom. The summed E-state index contributed by atoms with van der Waals surface area (Å²) in [6, 6.07) is 4.94. The first-order valence-corrected chi connectivity index (χ1v) is 8.98. The van der Waals surface area contributed by atoms with E-state index in [0.29, 0.717) is 0 Å². The van der Waals surface area contributed by atoms with E-state index >= 15 is 0 Å². The van der Waals surface area contributed by atoms with E-state index in [1.807, 2.05) is 13.8 Å². The lowest BCUT2D eigenvalue weighted by atomic mass is 10.4. The van der Waals surface area contributed by atoms with Crippen molar-refractivity contribution in [1.82, 2.24) is 19.7 Å². The Hall–Kier alpha value is -2.04. The first-order valence-electron chi connectivity index (χ1n) is 6.66. The van der Waals surface area contributed by atoms with Crippen LogP contribution in [0, 0.1) is 13.8 Å². The van der Waals surface area contributed by atoms with E-state index in [1.165, 1.54) is 13.1 Å². The number of hydrogen-bond donors (Lipinski definition) is 2. The van der Waals surface area contributed by atoms with Gasteiger partial charge in [-0.1, -0.05) is 6.07 Å². The van der Waals surface area contributed by atoms with Crippen LogP contribution >= 0.6 is 11.3 Å². The smallest absolute Gasteiger partial charge is 0.253 e. The van der Waals surface area contributed by atoms with Gasteiger partial charge in [-0.15, -0.1) is 11.3 Å². The Morgan fingerprint density at radius 2 is 1.96 bits per heavy atom. The van der Waals surface area contributed by atoms with E-state index in [2.05, 4.69) is 20.8 Å². The van der Waals surface area contributed by atoms with Crippen LogP contribution in [-0.4, -0.2) is 42.2 Å². The largest absolute Gasteiger partial charge is 0.272 e. The average molecular weight is 355 g/mol. The zero-order chi connectivity index (χ0) is 17.0. The van der Waals surface area contributed by atoms with Crippen molar-refractivity contribution in [3.63, 3.8) is 0 Å². The van der Waals surface area contributed by atoms with Crippen molar-refractivity contribution in [2.24, 2.45) is 0 Å². The molecule has 2 N–H and O–H groups in total. The second kappa shape index (κ2) is 7.02. The molecule has 0 bridgehead atoms. The third kappa shape index (κ3) is 4.47. The van der Waals surface area contributed by atoms with Gasteiger partial charge in [0, 0.05) is 18.4 Å². The molecule has 2 heterocycles. The molecule has 0 radical (unpaired) electrons. The lowest BCUT2D eigenvalue weighted by Crippen LogP contribution is -2.40. The van der Waals surface area contributed by atoms with Gasteiger partial charge in [0.1, 0.15) is 4.21 Å². The van der Waals surface area contributed by atoms with Crippen LogP contribution in [0.5, 0.6) is 0 Å². The third-order valence-corrected chi connectivity index (χ3v) is 6.00. The summed E-state index contributed by atoms with van der Waals surface area (Å²) < 4.78 is 25.6. The molecule has 0 atom stereocenters. The highest BCUT2D eigenvalue weighted by molar-refractivity contribution is 7.91. The van der Waals surface area contributed by atoms with E-state index < -0.39 is 15.9 Å². The van der Waals surface area contributed by atoms with Crippen molar-refractivity contribution in [2.75, 3.05) is 19.0 Å². The highest BCUT2D eigenvalue weighted by atomic mass is 32.2.